The molecule has 6 nitrogen and oxygen atoms in total. The first-order valence-corrected chi connectivity index (χ1v) is 12.2. The summed E-state index contributed by atoms with van der Waals surface area (Å²) in [5.41, 5.74) is 4.53. The fourth-order valence-corrected chi connectivity index (χ4v) is 4.54. The second kappa shape index (κ2) is 12.5. The maximum absolute atomic E-state index is 12.2. The minimum atomic E-state index is -0.149. The average molecular weight is 504 g/mol. The summed E-state index contributed by atoms with van der Waals surface area (Å²) in [4.78, 5) is 25.9. The van der Waals surface area contributed by atoms with Crippen LogP contribution in [0, 0.1) is 0 Å². The third-order valence-electron chi connectivity index (χ3n) is 4.80. The molecule has 0 spiro atoms. The number of thioether (sulfide) groups is 1. The van der Waals surface area contributed by atoms with Crippen LogP contribution in [0.1, 0.15) is 30.4 Å². The summed E-state index contributed by atoms with van der Waals surface area (Å²) in [7, 11) is 0. The van der Waals surface area contributed by atoms with Crippen molar-refractivity contribution in [3.05, 3.63) is 64.1 Å². The van der Waals surface area contributed by atoms with Gasteiger partial charge in [0, 0.05) is 23.3 Å². The van der Waals surface area contributed by atoms with Crippen LogP contribution in [0.25, 0.3) is 0 Å². The summed E-state index contributed by atoms with van der Waals surface area (Å²) in [5, 5.41) is 4.00. The third-order valence-corrected chi connectivity index (χ3v) is 6.56. The van der Waals surface area contributed by atoms with E-state index in [2.05, 4.69) is 26.5 Å². The molecule has 0 aromatic heterocycles. The van der Waals surface area contributed by atoms with Crippen LogP contribution in [-0.4, -0.2) is 48.4 Å². The maximum atomic E-state index is 12.2. The molecule has 31 heavy (non-hydrogen) atoms. The number of halogens is 1. The van der Waals surface area contributed by atoms with Gasteiger partial charge in [0.2, 0.25) is 5.91 Å². The Hall–Kier alpha value is -2.32. The molecule has 2 amide bonds. The molecule has 8 heteroatoms. The fraction of sp³-hybridized carbons (Fsp3) is 0.348. The fourth-order valence-electron chi connectivity index (χ4n) is 3.11. The zero-order valence-corrected chi connectivity index (χ0v) is 19.7. The van der Waals surface area contributed by atoms with Crippen molar-refractivity contribution in [2.45, 2.75) is 25.0 Å². The Balaban J connectivity index is 1.35. The van der Waals surface area contributed by atoms with Crippen LogP contribution in [0.4, 0.5) is 0 Å². The second-order valence-electron chi connectivity index (χ2n) is 7.18. The number of rotatable bonds is 9. The molecular weight excluding hydrogens is 478 g/mol. The molecule has 1 fully saturated rings. The van der Waals surface area contributed by atoms with Gasteiger partial charge >= 0.3 is 0 Å². The molecule has 1 heterocycles. The van der Waals surface area contributed by atoms with Gasteiger partial charge in [-0.25, -0.2) is 5.43 Å². The molecule has 1 aliphatic rings. The molecule has 3 rings (SSSR count). The van der Waals surface area contributed by atoms with Crippen LogP contribution in [-0.2, 0) is 15.3 Å². The Morgan fingerprint density at radius 1 is 1.10 bits per heavy atom. The number of likely N-dealkylation sites (tertiary alicyclic amines) is 1. The van der Waals surface area contributed by atoms with E-state index in [1.165, 1.54) is 18.2 Å². The highest BCUT2D eigenvalue weighted by Gasteiger charge is 2.16. The van der Waals surface area contributed by atoms with Gasteiger partial charge in [-0.3, -0.25) is 9.59 Å². The van der Waals surface area contributed by atoms with Crippen molar-refractivity contribution in [1.82, 2.24) is 10.3 Å². The molecule has 1 N–H and O–H groups in total. The number of piperidine rings is 1. The molecule has 2 aromatic rings. The number of carbonyl (C=O) groups excluding carboxylic acids is 2. The Morgan fingerprint density at radius 3 is 2.58 bits per heavy atom. The summed E-state index contributed by atoms with van der Waals surface area (Å²) in [6.07, 6.45) is 4.91. The summed E-state index contributed by atoms with van der Waals surface area (Å²) in [5.74, 6) is 1.60. The molecule has 164 valence electrons. The normalized spacial score (nSPS) is 13.9. The van der Waals surface area contributed by atoms with E-state index in [1.807, 2.05) is 41.3 Å². The van der Waals surface area contributed by atoms with Crippen LogP contribution < -0.4 is 10.2 Å². The highest BCUT2D eigenvalue weighted by molar-refractivity contribution is 9.10. The lowest BCUT2D eigenvalue weighted by atomic mass is 10.1. The molecule has 1 saturated heterocycles. The number of ether oxygens (including phenoxy) is 1. The van der Waals surface area contributed by atoms with Gasteiger partial charge < -0.3 is 9.64 Å². The second-order valence-corrected chi connectivity index (χ2v) is 9.02. The van der Waals surface area contributed by atoms with Crippen molar-refractivity contribution in [3.63, 3.8) is 0 Å². The number of hydrogen-bond acceptors (Lipinski definition) is 5. The van der Waals surface area contributed by atoms with Gasteiger partial charge in [-0.05, 0) is 60.7 Å². The molecular formula is C23H26BrN3O3S. The number of hydrazone groups is 1. The van der Waals surface area contributed by atoms with E-state index in [9.17, 15) is 9.59 Å². The first kappa shape index (κ1) is 23.3. The minimum absolute atomic E-state index is 0.0329. The highest BCUT2D eigenvalue weighted by Crippen LogP contribution is 2.21. The zero-order valence-electron chi connectivity index (χ0n) is 17.3. The van der Waals surface area contributed by atoms with Gasteiger partial charge in [0.25, 0.3) is 5.91 Å². The Bertz CT molecular complexity index is 899. The third kappa shape index (κ3) is 8.03. The van der Waals surface area contributed by atoms with Gasteiger partial charge in [0.1, 0.15) is 5.75 Å². The lowest BCUT2D eigenvalue weighted by Gasteiger charge is -2.26. The van der Waals surface area contributed by atoms with Crippen molar-refractivity contribution >= 4 is 45.7 Å². The topological polar surface area (TPSA) is 71.0 Å². The Kier molecular flexibility index (Phi) is 9.42. The first-order chi connectivity index (χ1) is 15.1. The zero-order chi connectivity index (χ0) is 21.9. The van der Waals surface area contributed by atoms with Crippen molar-refractivity contribution in [2.24, 2.45) is 5.10 Å². The Labute approximate surface area is 195 Å². The standard InChI is InChI=1S/C23H26BrN3O3S/c24-21-7-3-2-6-19(21)16-31-17-22(28)26-25-14-18-8-10-20(11-9-18)30-15-23(29)27-12-4-1-5-13-27/h2-3,6-11,14H,1,4-5,12-13,15-17H2,(H,26,28)/b25-14-. The number of benzene rings is 2. The van der Waals surface area contributed by atoms with E-state index < -0.39 is 0 Å². The summed E-state index contributed by atoms with van der Waals surface area (Å²) >= 11 is 5.04. The smallest absolute Gasteiger partial charge is 0.260 e. The van der Waals surface area contributed by atoms with Crippen LogP contribution in [0.3, 0.4) is 0 Å². The predicted octanol–water partition coefficient (Wildman–Crippen LogP) is 4.22. The van der Waals surface area contributed by atoms with Crippen LogP contribution in [0.15, 0.2) is 58.1 Å². The van der Waals surface area contributed by atoms with Crippen molar-refractivity contribution in [2.75, 3.05) is 25.4 Å². The van der Waals surface area contributed by atoms with E-state index in [0.717, 1.165) is 47.3 Å². The monoisotopic (exact) mass is 503 g/mol. The predicted molar refractivity (Wildman–Crippen MR) is 128 cm³/mol. The van der Waals surface area contributed by atoms with E-state index >= 15 is 0 Å². The first-order valence-electron chi connectivity index (χ1n) is 10.3. The van der Waals surface area contributed by atoms with Gasteiger partial charge in [-0.15, -0.1) is 11.8 Å². The molecule has 0 bridgehead atoms. The maximum Gasteiger partial charge on any atom is 0.260 e. The van der Waals surface area contributed by atoms with E-state index in [0.29, 0.717) is 11.5 Å². The largest absolute Gasteiger partial charge is 0.484 e. The summed E-state index contributed by atoms with van der Waals surface area (Å²) in [6, 6.07) is 15.2. The van der Waals surface area contributed by atoms with E-state index in [-0.39, 0.29) is 18.4 Å². The van der Waals surface area contributed by atoms with Gasteiger partial charge in [0.15, 0.2) is 6.61 Å². The van der Waals surface area contributed by atoms with Crippen LogP contribution in [0.5, 0.6) is 5.75 Å². The van der Waals surface area contributed by atoms with Gasteiger partial charge in [-0.1, -0.05) is 34.1 Å². The molecule has 0 radical (unpaired) electrons. The van der Waals surface area contributed by atoms with E-state index in [4.69, 9.17) is 4.74 Å². The number of nitrogens with one attached hydrogen (secondary N) is 1. The highest BCUT2D eigenvalue weighted by atomic mass is 79.9. The SMILES string of the molecule is O=C(CSCc1ccccc1Br)N/N=C\c1ccc(OCC(=O)N2CCCCC2)cc1. The quantitative estimate of drug-likeness (QED) is 0.410. The van der Waals surface area contributed by atoms with Crippen molar-refractivity contribution in [3.8, 4) is 5.75 Å². The van der Waals surface area contributed by atoms with Crippen molar-refractivity contribution < 1.29 is 14.3 Å². The Morgan fingerprint density at radius 2 is 1.84 bits per heavy atom. The number of carbonyl (C=O) groups is 2. The summed E-state index contributed by atoms with van der Waals surface area (Å²) < 4.78 is 6.64. The molecule has 0 atom stereocenters. The molecule has 2 aromatic carbocycles. The van der Waals surface area contributed by atoms with Crippen molar-refractivity contribution in [1.29, 1.82) is 0 Å². The molecule has 0 unspecified atom stereocenters. The lowest BCUT2D eigenvalue weighted by molar-refractivity contribution is -0.134. The van der Waals surface area contributed by atoms with Crippen LogP contribution in [0.2, 0.25) is 0 Å². The van der Waals surface area contributed by atoms with E-state index in [1.54, 1.807) is 18.3 Å². The number of amides is 2. The molecule has 0 saturated carbocycles. The average Bonchev–Trinajstić information content (AvgIpc) is 2.80. The lowest BCUT2D eigenvalue weighted by Crippen LogP contribution is -2.38. The minimum Gasteiger partial charge on any atom is -0.484 e. The molecule has 1 aliphatic heterocycles. The number of nitrogens with zero attached hydrogens (tertiary/aromatic N) is 2. The van der Waals surface area contributed by atoms with Gasteiger partial charge in [-0.2, -0.15) is 5.10 Å². The molecule has 0 aliphatic carbocycles. The number of hydrogen-bond donors (Lipinski definition) is 1. The van der Waals surface area contributed by atoms with Crippen LogP contribution >= 0.6 is 27.7 Å². The summed E-state index contributed by atoms with van der Waals surface area (Å²) in [6.45, 7) is 1.71. The van der Waals surface area contributed by atoms with Gasteiger partial charge in [0.05, 0.1) is 12.0 Å².